The fourth-order valence-electron chi connectivity index (χ4n) is 1.24. The van der Waals surface area contributed by atoms with Gasteiger partial charge in [0.25, 0.3) is 5.82 Å². The molecule has 0 fully saturated rings. The van der Waals surface area contributed by atoms with Crippen LogP contribution in [-0.2, 0) is 13.6 Å². The van der Waals surface area contributed by atoms with Gasteiger partial charge in [0, 0.05) is 6.92 Å². The molecule has 1 aromatic heterocycles. The third kappa shape index (κ3) is 3.97. The second kappa shape index (κ2) is 5.73. The van der Waals surface area contributed by atoms with Crippen molar-refractivity contribution in [3.63, 3.8) is 0 Å². The smallest absolute Gasteiger partial charge is 0.384 e. The number of rotatable bonds is 4. The fourth-order valence-corrected chi connectivity index (χ4v) is 1.33. The van der Waals surface area contributed by atoms with Crippen molar-refractivity contribution in [3.8, 4) is 0 Å². The van der Waals surface area contributed by atoms with Gasteiger partial charge >= 0.3 is 11.3 Å². The van der Waals surface area contributed by atoms with Gasteiger partial charge in [-0.3, -0.25) is 0 Å². The van der Waals surface area contributed by atoms with Crippen molar-refractivity contribution < 1.29 is 46.1 Å². The molecule has 0 N–H and O–H groups in total. The van der Waals surface area contributed by atoms with Gasteiger partial charge < -0.3 is 24.0 Å². The van der Waals surface area contributed by atoms with Crippen LogP contribution in [0.15, 0.2) is 12.4 Å². The minimum absolute atomic E-state index is 0. The average molecular weight is 387 g/mol. The molecule has 1 rings (SSSR count). The van der Waals surface area contributed by atoms with Crippen LogP contribution in [0.5, 0.6) is 0 Å². The highest BCUT2D eigenvalue weighted by atomic mass is 127. The molecule has 100 valence electrons. The summed E-state index contributed by atoms with van der Waals surface area (Å²) in [6.45, 7) is 1.50. The van der Waals surface area contributed by atoms with Crippen molar-refractivity contribution in [3.05, 3.63) is 18.2 Å². The van der Waals surface area contributed by atoms with E-state index in [1.807, 2.05) is 0 Å². The van der Waals surface area contributed by atoms with Crippen LogP contribution in [0.2, 0.25) is 0 Å². The van der Waals surface area contributed by atoms with Crippen molar-refractivity contribution in [1.29, 1.82) is 0 Å². The summed E-state index contributed by atoms with van der Waals surface area (Å²) in [5.41, 5.74) is 0. The molecule has 0 aliphatic rings. The van der Waals surface area contributed by atoms with E-state index in [4.69, 9.17) is 0 Å². The Morgan fingerprint density at radius 2 is 1.88 bits per heavy atom. The maximum Gasteiger partial charge on any atom is 0.384 e. The van der Waals surface area contributed by atoms with Crippen LogP contribution in [0.4, 0.5) is 17.6 Å². The molecule has 0 saturated carbocycles. The van der Waals surface area contributed by atoms with Gasteiger partial charge in [-0.1, -0.05) is 0 Å². The SMILES string of the molecule is Cc1n(CCC(F)(F)C(F)(F)Cl)cc[n+]1C.[I-]. The molecule has 8 heteroatoms. The van der Waals surface area contributed by atoms with E-state index in [0.717, 1.165) is 0 Å². The second-order valence-electron chi connectivity index (χ2n) is 3.60. The Balaban J connectivity index is 0.00000256. The van der Waals surface area contributed by atoms with E-state index < -0.39 is 17.7 Å². The molecule has 2 nitrogen and oxygen atoms in total. The molecule has 0 aliphatic heterocycles. The topological polar surface area (TPSA) is 8.81 Å². The summed E-state index contributed by atoms with van der Waals surface area (Å²) in [4.78, 5) is 0. The van der Waals surface area contributed by atoms with Crippen LogP contribution in [0.25, 0.3) is 0 Å². The molecule has 0 aromatic carbocycles. The van der Waals surface area contributed by atoms with E-state index in [-0.39, 0.29) is 30.5 Å². The summed E-state index contributed by atoms with van der Waals surface area (Å²) in [5.74, 6) is -3.50. The number of alkyl halides is 5. The first kappa shape index (κ1) is 16.9. The molecule has 0 radical (unpaired) electrons. The van der Waals surface area contributed by atoms with Gasteiger partial charge in [0.1, 0.15) is 12.4 Å². The third-order valence-electron chi connectivity index (χ3n) is 2.48. The van der Waals surface area contributed by atoms with Gasteiger partial charge in [0.15, 0.2) is 0 Å². The maximum atomic E-state index is 12.9. The molecule has 0 saturated heterocycles. The van der Waals surface area contributed by atoms with Gasteiger partial charge in [-0.2, -0.15) is 17.6 Å². The van der Waals surface area contributed by atoms with E-state index in [2.05, 4.69) is 11.6 Å². The molecular weight excluding hydrogens is 374 g/mol. The van der Waals surface area contributed by atoms with Crippen LogP contribution in [-0.4, -0.2) is 15.9 Å². The first-order chi connectivity index (χ1) is 7.15. The van der Waals surface area contributed by atoms with Gasteiger partial charge in [-0.25, -0.2) is 9.13 Å². The molecule has 1 heterocycles. The summed E-state index contributed by atoms with van der Waals surface area (Å²) in [7, 11) is 1.74. The molecular formula is C9H12ClF4IN2. The highest BCUT2D eigenvalue weighted by molar-refractivity contribution is 6.22. The lowest BCUT2D eigenvalue weighted by atomic mass is 10.2. The van der Waals surface area contributed by atoms with Crippen molar-refractivity contribution in [2.24, 2.45) is 7.05 Å². The quantitative estimate of drug-likeness (QED) is 0.285. The number of imidazole rings is 1. The molecule has 0 unspecified atom stereocenters. The first-order valence-electron chi connectivity index (χ1n) is 4.61. The van der Waals surface area contributed by atoms with Crippen molar-refractivity contribution in [2.45, 2.75) is 31.2 Å². The zero-order chi connectivity index (χ0) is 12.6. The Labute approximate surface area is 119 Å². The molecule has 0 spiro atoms. The summed E-state index contributed by atoms with van der Waals surface area (Å²) in [5, 5.41) is -4.50. The number of aryl methyl sites for hydroxylation is 2. The minimum atomic E-state index is -4.50. The molecule has 0 amide bonds. The maximum absolute atomic E-state index is 12.9. The highest BCUT2D eigenvalue weighted by Crippen LogP contribution is 2.40. The first-order valence-corrected chi connectivity index (χ1v) is 4.99. The van der Waals surface area contributed by atoms with Crippen LogP contribution in [0, 0.1) is 6.92 Å². The van der Waals surface area contributed by atoms with E-state index in [1.54, 1.807) is 30.9 Å². The standard InChI is InChI=1S/C9H12ClF4N2.HI/c1-7-15(2)5-6-16(7)4-3-8(11,12)9(10,13)14;/h5-6H,3-4H2,1-2H3;1H/q+1;/p-1. The molecule has 0 atom stereocenters. The lowest BCUT2D eigenvalue weighted by Gasteiger charge is -2.19. The van der Waals surface area contributed by atoms with E-state index in [9.17, 15) is 17.6 Å². The largest absolute Gasteiger partial charge is 1.00 e. The second-order valence-corrected chi connectivity index (χ2v) is 4.08. The number of halogens is 6. The summed E-state index contributed by atoms with van der Waals surface area (Å²) < 4.78 is 53.5. The van der Waals surface area contributed by atoms with Gasteiger partial charge in [-0.15, -0.1) is 0 Å². The van der Waals surface area contributed by atoms with E-state index in [0.29, 0.717) is 5.82 Å². The van der Waals surface area contributed by atoms with Gasteiger partial charge in [0.2, 0.25) is 0 Å². The number of nitrogens with zero attached hydrogens (tertiary/aromatic N) is 2. The Kier molecular flexibility index (Phi) is 5.71. The summed E-state index contributed by atoms with van der Waals surface area (Å²) >= 11 is 4.34. The number of aromatic nitrogens is 2. The van der Waals surface area contributed by atoms with Crippen molar-refractivity contribution in [1.82, 2.24) is 4.57 Å². The Morgan fingerprint density at radius 3 is 2.24 bits per heavy atom. The predicted octanol–water partition coefficient (Wildman–Crippen LogP) is -0.518. The van der Waals surface area contributed by atoms with E-state index in [1.165, 1.54) is 4.57 Å². The molecule has 0 aliphatic carbocycles. The third-order valence-corrected chi connectivity index (χ3v) is 2.75. The predicted molar refractivity (Wildman–Crippen MR) is 50.7 cm³/mol. The Bertz CT molecular complexity index is 376. The molecule has 0 bridgehead atoms. The monoisotopic (exact) mass is 386 g/mol. The van der Waals surface area contributed by atoms with Gasteiger partial charge in [0.05, 0.1) is 20.0 Å². The van der Waals surface area contributed by atoms with Crippen LogP contribution in [0.1, 0.15) is 12.2 Å². The highest BCUT2D eigenvalue weighted by Gasteiger charge is 2.54. The van der Waals surface area contributed by atoms with Crippen LogP contribution >= 0.6 is 11.6 Å². The zero-order valence-electron chi connectivity index (χ0n) is 9.23. The Hall–Kier alpha value is -0.0500. The van der Waals surface area contributed by atoms with Crippen LogP contribution in [0.3, 0.4) is 0 Å². The lowest BCUT2D eigenvalue weighted by Crippen LogP contribution is -3.00. The van der Waals surface area contributed by atoms with Crippen LogP contribution < -0.4 is 28.5 Å². The average Bonchev–Trinajstić information content (AvgIpc) is 2.43. The minimum Gasteiger partial charge on any atom is -1.00 e. The zero-order valence-corrected chi connectivity index (χ0v) is 12.1. The lowest BCUT2D eigenvalue weighted by molar-refractivity contribution is -0.677. The normalized spacial score (nSPS) is 12.4. The fraction of sp³-hybridized carbons (Fsp3) is 0.667. The molecule has 1 aromatic rings. The summed E-state index contributed by atoms with van der Waals surface area (Å²) in [6.07, 6.45) is 2.21. The Morgan fingerprint density at radius 1 is 1.35 bits per heavy atom. The summed E-state index contributed by atoms with van der Waals surface area (Å²) in [6, 6.07) is 0. The van der Waals surface area contributed by atoms with Gasteiger partial charge in [-0.05, 0) is 11.6 Å². The number of hydrogen-bond donors (Lipinski definition) is 0. The molecule has 17 heavy (non-hydrogen) atoms. The van der Waals surface area contributed by atoms with Crippen molar-refractivity contribution >= 4 is 11.6 Å². The van der Waals surface area contributed by atoms with E-state index >= 15 is 0 Å². The number of hydrogen-bond acceptors (Lipinski definition) is 0. The van der Waals surface area contributed by atoms with Crippen molar-refractivity contribution in [2.75, 3.05) is 0 Å².